The van der Waals surface area contributed by atoms with Gasteiger partial charge in [-0.15, -0.1) is 0 Å². The van der Waals surface area contributed by atoms with Crippen LogP contribution in [0.15, 0.2) is 85.3 Å². The highest BCUT2D eigenvalue weighted by Gasteiger charge is 2.30. The Balaban J connectivity index is 1.44. The number of aromatic nitrogens is 4. The molecule has 0 amide bonds. The maximum atomic E-state index is 5.14. The molecule has 4 heterocycles. The van der Waals surface area contributed by atoms with Crippen LogP contribution in [-0.2, 0) is 12.8 Å². The van der Waals surface area contributed by atoms with Crippen LogP contribution >= 0.6 is 0 Å². The summed E-state index contributed by atoms with van der Waals surface area (Å²) < 4.78 is 2.28. The van der Waals surface area contributed by atoms with E-state index in [1.54, 1.807) is 0 Å². The highest BCUT2D eigenvalue weighted by Crippen LogP contribution is 2.49. The Labute approximate surface area is 200 Å². The smallest absolute Gasteiger partial charge is 0.147 e. The van der Waals surface area contributed by atoms with Crippen molar-refractivity contribution in [3.63, 3.8) is 0 Å². The van der Waals surface area contributed by atoms with E-state index in [1.807, 2.05) is 24.7 Å². The van der Waals surface area contributed by atoms with Gasteiger partial charge >= 0.3 is 0 Å². The third-order valence-corrected chi connectivity index (χ3v) is 8.00. The Hall–Kier alpha value is -4.57. The molecule has 2 aliphatic rings. The molecule has 0 bridgehead atoms. The molecule has 0 saturated heterocycles. The molecule has 0 spiro atoms. The number of hydrogen-bond acceptors (Lipinski definition) is 3. The van der Waals surface area contributed by atoms with Crippen LogP contribution in [0.5, 0.6) is 0 Å². The predicted molar refractivity (Wildman–Crippen MR) is 140 cm³/mol. The Morgan fingerprint density at radius 2 is 1.49 bits per heavy atom. The summed E-state index contributed by atoms with van der Waals surface area (Å²) in [4.78, 5) is 14.4. The Morgan fingerprint density at radius 1 is 0.629 bits per heavy atom. The van der Waals surface area contributed by atoms with E-state index in [4.69, 9.17) is 9.97 Å². The number of benzene rings is 3. The summed E-state index contributed by atoms with van der Waals surface area (Å²) in [5.74, 6) is 0. The molecule has 2 aliphatic carbocycles. The average molecular weight is 447 g/mol. The molecule has 0 N–H and O–H groups in total. The molecule has 35 heavy (non-hydrogen) atoms. The molecular formula is C31H18N4. The zero-order valence-electron chi connectivity index (χ0n) is 18.8. The quantitative estimate of drug-likeness (QED) is 0.243. The molecule has 0 aliphatic heterocycles. The van der Waals surface area contributed by atoms with Crippen LogP contribution in [0.25, 0.3) is 60.7 Å². The van der Waals surface area contributed by atoms with E-state index < -0.39 is 0 Å². The van der Waals surface area contributed by atoms with Gasteiger partial charge in [0, 0.05) is 40.3 Å². The van der Waals surface area contributed by atoms with Crippen LogP contribution in [0.3, 0.4) is 0 Å². The van der Waals surface area contributed by atoms with E-state index in [0.29, 0.717) is 0 Å². The van der Waals surface area contributed by atoms with Gasteiger partial charge in [0.2, 0.25) is 0 Å². The topological polar surface area (TPSA) is 43.1 Å². The maximum Gasteiger partial charge on any atom is 0.147 e. The SMILES string of the molecule is c1ccc2c(c1)Cc1c-2ccc2c1Cc1ccc3nc4c5ccncc5c5cccnc5n4c3c1-2. The summed E-state index contributed by atoms with van der Waals surface area (Å²) in [5, 5.41) is 3.29. The summed E-state index contributed by atoms with van der Waals surface area (Å²) >= 11 is 0. The molecular weight excluding hydrogens is 428 g/mol. The van der Waals surface area contributed by atoms with Crippen LogP contribution in [0.2, 0.25) is 0 Å². The highest BCUT2D eigenvalue weighted by molar-refractivity contribution is 6.14. The van der Waals surface area contributed by atoms with Gasteiger partial charge in [-0.3, -0.25) is 9.38 Å². The molecule has 0 fully saturated rings. The number of nitrogens with zero attached hydrogens (tertiary/aromatic N) is 4. The van der Waals surface area contributed by atoms with Crippen molar-refractivity contribution in [2.24, 2.45) is 0 Å². The predicted octanol–water partition coefficient (Wildman–Crippen LogP) is 6.73. The van der Waals surface area contributed by atoms with E-state index >= 15 is 0 Å². The van der Waals surface area contributed by atoms with E-state index in [1.165, 1.54) is 44.5 Å². The van der Waals surface area contributed by atoms with Crippen molar-refractivity contribution in [1.29, 1.82) is 0 Å². The van der Waals surface area contributed by atoms with Gasteiger partial charge in [-0.1, -0.05) is 42.5 Å². The minimum absolute atomic E-state index is 0.931. The largest absolute Gasteiger partial charge is 0.275 e. The van der Waals surface area contributed by atoms with E-state index in [2.05, 4.69) is 70.0 Å². The molecule has 4 nitrogen and oxygen atoms in total. The van der Waals surface area contributed by atoms with Crippen molar-refractivity contribution < 1.29 is 0 Å². The van der Waals surface area contributed by atoms with Crippen molar-refractivity contribution >= 4 is 38.5 Å². The summed E-state index contributed by atoms with van der Waals surface area (Å²) in [6, 6.07) is 24.2. The first-order chi connectivity index (χ1) is 17.4. The number of pyridine rings is 3. The fourth-order valence-electron chi connectivity index (χ4n) is 6.53. The molecule has 7 aromatic rings. The van der Waals surface area contributed by atoms with Crippen molar-refractivity contribution in [3.05, 3.63) is 108 Å². The van der Waals surface area contributed by atoms with Gasteiger partial charge in [-0.2, -0.15) is 0 Å². The minimum atomic E-state index is 0.931. The summed E-state index contributed by atoms with van der Waals surface area (Å²) in [6.45, 7) is 0. The lowest BCUT2D eigenvalue weighted by atomic mass is 9.96. The summed E-state index contributed by atoms with van der Waals surface area (Å²) in [7, 11) is 0. The van der Waals surface area contributed by atoms with Crippen molar-refractivity contribution in [1.82, 2.24) is 19.4 Å². The minimum Gasteiger partial charge on any atom is -0.275 e. The molecule has 3 aromatic carbocycles. The monoisotopic (exact) mass is 446 g/mol. The second-order valence-corrected chi connectivity index (χ2v) is 9.66. The van der Waals surface area contributed by atoms with Gasteiger partial charge in [0.05, 0.1) is 11.0 Å². The zero-order chi connectivity index (χ0) is 22.7. The maximum absolute atomic E-state index is 5.14. The Kier molecular flexibility index (Phi) is 3.11. The van der Waals surface area contributed by atoms with Gasteiger partial charge in [0.25, 0.3) is 0 Å². The lowest BCUT2D eigenvalue weighted by molar-refractivity contribution is 1.16. The summed E-state index contributed by atoms with van der Waals surface area (Å²) in [5.41, 5.74) is 15.2. The average Bonchev–Trinajstić information content (AvgIpc) is 3.59. The van der Waals surface area contributed by atoms with Crippen LogP contribution in [0.4, 0.5) is 0 Å². The molecule has 0 radical (unpaired) electrons. The second kappa shape index (κ2) is 6.10. The van der Waals surface area contributed by atoms with Crippen LogP contribution < -0.4 is 0 Å². The third-order valence-electron chi connectivity index (χ3n) is 8.00. The molecule has 162 valence electrons. The number of hydrogen-bond donors (Lipinski definition) is 0. The summed E-state index contributed by atoms with van der Waals surface area (Å²) in [6.07, 6.45) is 7.63. The van der Waals surface area contributed by atoms with Crippen LogP contribution in [0, 0.1) is 0 Å². The lowest BCUT2D eigenvalue weighted by Gasteiger charge is -2.10. The van der Waals surface area contributed by atoms with Crippen molar-refractivity contribution in [2.75, 3.05) is 0 Å². The van der Waals surface area contributed by atoms with E-state index in [9.17, 15) is 0 Å². The molecule has 0 atom stereocenters. The van der Waals surface area contributed by atoms with Gasteiger partial charge in [-0.05, 0) is 76.1 Å². The molecule has 0 saturated carbocycles. The van der Waals surface area contributed by atoms with Crippen molar-refractivity contribution in [3.8, 4) is 22.3 Å². The third kappa shape index (κ3) is 2.11. The Bertz CT molecular complexity index is 2070. The zero-order valence-corrected chi connectivity index (χ0v) is 18.8. The first-order valence-corrected chi connectivity index (χ1v) is 12.0. The van der Waals surface area contributed by atoms with Gasteiger partial charge in [-0.25, -0.2) is 9.97 Å². The Morgan fingerprint density at radius 3 is 2.49 bits per heavy atom. The van der Waals surface area contributed by atoms with E-state index in [-0.39, 0.29) is 0 Å². The van der Waals surface area contributed by atoms with Crippen molar-refractivity contribution in [2.45, 2.75) is 12.8 Å². The van der Waals surface area contributed by atoms with Gasteiger partial charge in [0.1, 0.15) is 11.3 Å². The van der Waals surface area contributed by atoms with Crippen LogP contribution in [0.1, 0.15) is 22.3 Å². The number of imidazole rings is 1. The van der Waals surface area contributed by atoms with Gasteiger partial charge in [0.15, 0.2) is 0 Å². The second-order valence-electron chi connectivity index (χ2n) is 9.66. The molecule has 0 unspecified atom stereocenters. The molecule has 4 heteroatoms. The standard InChI is InChI=1S/C31H18N4/c1-2-5-19-17(4-1)14-24-20(19)8-9-21-25(24)15-18-7-10-27-29(28(18)21)35-30-22(6-3-12-33-30)26-16-32-13-11-23(26)31(35)34-27/h1-13,16H,14-15H2. The fraction of sp³-hybridized carbons (Fsp3) is 0.0645. The number of rotatable bonds is 0. The van der Waals surface area contributed by atoms with Gasteiger partial charge < -0.3 is 0 Å². The molecule has 9 rings (SSSR count). The highest BCUT2D eigenvalue weighted by atomic mass is 15.1. The normalized spacial score (nSPS) is 13.5. The van der Waals surface area contributed by atoms with Crippen LogP contribution in [-0.4, -0.2) is 19.4 Å². The first-order valence-electron chi connectivity index (χ1n) is 12.0. The first kappa shape index (κ1) is 17.8. The lowest BCUT2D eigenvalue weighted by Crippen LogP contribution is -1.95. The number of fused-ring (bicyclic) bond motifs is 16. The fourth-order valence-corrected chi connectivity index (χ4v) is 6.53. The van der Waals surface area contributed by atoms with E-state index in [0.717, 1.165) is 51.3 Å². The molecule has 4 aromatic heterocycles.